The van der Waals surface area contributed by atoms with E-state index in [0.717, 1.165) is 19.3 Å². The van der Waals surface area contributed by atoms with E-state index in [4.69, 9.17) is 0 Å². The first-order valence-electron chi connectivity index (χ1n) is 5.77. The Kier molecular flexibility index (Phi) is 2.80. The predicted molar refractivity (Wildman–Crippen MR) is 70.6 cm³/mol. The lowest BCUT2D eigenvalue weighted by Crippen LogP contribution is -2.40. The van der Waals surface area contributed by atoms with Gasteiger partial charge in [-0.3, -0.25) is 4.40 Å². The third-order valence-electron chi connectivity index (χ3n) is 3.14. The first-order valence-corrected chi connectivity index (χ1v) is 8.14. The van der Waals surface area contributed by atoms with Crippen molar-refractivity contribution in [1.82, 2.24) is 14.1 Å². The van der Waals surface area contributed by atoms with Crippen LogP contribution in [-0.4, -0.2) is 30.9 Å². The van der Waals surface area contributed by atoms with Gasteiger partial charge in [-0.05, 0) is 12.8 Å². The summed E-state index contributed by atoms with van der Waals surface area (Å²) < 4.78 is 29.1. The molecule has 0 radical (unpaired) electrons. The summed E-state index contributed by atoms with van der Waals surface area (Å²) in [5, 5.41) is 4.87. The van der Waals surface area contributed by atoms with E-state index in [9.17, 15) is 8.42 Å². The van der Waals surface area contributed by atoms with E-state index in [1.165, 1.54) is 11.3 Å². The second-order valence-electron chi connectivity index (χ2n) is 4.32. The minimum atomic E-state index is -3.52. The number of nitrogens with zero attached hydrogens (tertiary/aromatic N) is 2. The summed E-state index contributed by atoms with van der Waals surface area (Å²) in [4.78, 5) is 4.93. The highest BCUT2D eigenvalue weighted by Crippen LogP contribution is 2.27. The molecule has 0 amide bonds. The molecule has 0 spiro atoms. The number of thiazole rings is 1. The van der Waals surface area contributed by atoms with Crippen molar-refractivity contribution in [2.45, 2.75) is 30.3 Å². The zero-order valence-electron chi connectivity index (χ0n) is 9.88. The van der Waals surface area contributed by atoms with E-state index in [1.54, 1.807) is 17.6 Å². The van der Waals surface area contributed by atoms with Crippen molar-refractivity contribution in [3.05, 3.63) is 11.6 Å². The Morgan fingerprint density at radius 2 is 2.28 bits per heavy atom. The Balaban J connectivity index is 2.07. The van der Waals surface area contributed by atoms with E-state index < -0.39 is 10.0 Å². The van der Waals surface area contributed by atoms with Gasteiger partial charge in [0.1, 0.15) is 0 Å². The normalized spacial score (nSPS) is 16.9. The molecule has 1 aliphatic carbocycles. The van der Waals surface area contributed by atoms with Gasteiger partial charge in [0, 0.05) is 24.7 Å². The molecule has 0 bridgehead atoms. The lowest BCUT2D eigenvalue weighted by molar-refractivity contribution is 0.383. The third-order valence-corrected chi connectivity index (χ3v) is 5.44. The molecule has 1 aliphatic rings. The van der Waals surface area contributed by atoms with Crippen LogP contribution < -0.4 is 10.0 Å². The second kappa shape index (κ2) is 4.22. The molecule has 3 rings (SSSR count). The number of sulfonamides is 1. The van der Waals surface area contributed by atoms with Crippen LogP contribution in [0.5, 0.6) is 0 Å². The van der Waals surface area contributed by atoms with Crippen molar-refractivity contribution in [2.24, 2.45) is 0 Å². The van der Waals surface area contributed by atoms with Crippen molar-refractivity contribution < 1.29 is 8.42 Å². The Morgan fingerprint density at radius 1 is 1.50 bits per heavy atom. The van der Waals surface area contributed by atoms with Gasteiger partial charge in [-0.15, -0.1) is 11.3 Å². The minimum Gasteiger partial charge on any atom is -0.371 e. The first kappa shape index (κ1) is 11.9. The van der Waals surface area contributed by atoms with E-state index >= 15 is 0 Å². The van der Waals surface area contributed by atoms with Crippen LogP contribution in [0.15, 0.2) is 16.6 Å². The molecule has 2 N–H and O–H groups in total. The monoisotopic (exact) mass is 286 g/mol. The van der Waals surface area contributed by atoms with Gasteiger partial charge in [0.2, 0.25) is 0 Å². The molecule has 0 atom stereocenters. The van der Waals surface area contributed by atoms with Crippen molar-refractivity contribution in [3.63, 3.8) is 0 Å². The van der Waals surface area contributed by atoms with Crippen LogP contribution in [-0.2, 0) is 10.0 Å². The van der Waals surface area contributed by atoms with Crippen molar-refractivity contribution in [1.29, 1.82) is 0 Å². The lowest BCUT2D eigenvalue weighted by atomic mass is 9.94. The molecule has 1 fully saturated rings. The van der Waals surface area contributed by atoms with Gasteiger partial charge in [0.05, 0.1) is 0 Å². The second-order valence-corrected chi connectivity index (χ2v) is 6.82. The summed E-state index contributed by atoms with van der Waals surface area (Å²) in [6.07, 6.45) is 4.65. The molecule has 1 saturated carbocycles. The van der Waals surface area contributed by atoms with E-state index in [-0.39, 0.29) is 11.1 Å². The number of hydrogen-bond donors (Lipinski definition) is 2. The number of rotatable bonds is 4. The number of anilines is 1. The maximum atomic E-state index is 12.4. The number of imidazole rings is 1. The fourth-order valence-electron chi connectivity index (χ4n) is 1.99. The van der Waals surface area contributed by atoms with Gasteiger partial charge >= 0.3 is 0 Å². The summed E-state index contributed by atoms with van der Waals surface area (Å²) >= 11 is 1.41. The SMILES string of the molecule is CNc1nc2sccn2c1S(=O)(=O)NC1CCC1. The van der Waals surface area contributed by atoms with Gasteiger partial charge in [-0.1, -0.05) is 6.42 Å². The van der Waals surface area contributed by atoms with Gasteiger partial charge < -0.3 is 5.32 Å². The zero-order valence-corrected chi connectivity index (χ0v) is 11.5. The Morgan fingerprint density at radius 3 is 2.89 bits per heavy atom. The smallest absolute Gasteiger partial charge is 0.260 e. The molecular weight excluding hydrogens is 272 g/mol. The minimum absolute atomic E-state index is 0.0730. The van der Waals surface area contributed by atoms with Crippen molar-refractivity contribution >= 4 is 32.1 Å². The number of hydrogen-bond acceptors (Lipinski definition) is 5. The highest BCUT2D eigenvalue weighted by molar-refractivity contribution is 7.89. The van der Waals surface area contributed by atoms with Gasteiger partial charge in [-0.2, -0.15) is 0 Å². The van der Waals surface area contributed by atoms with E-state index in [2.05, 4.69) is 15.0 Å². The molecule has 2 aromatic rings. The average Bonchev–Trinajstić information content (AvgIpc) is 2.81. The Labute approximate surface area is 109 Å². The van der Waals surface area contributed by atoms with Gasteiger partial charge in [0.15, 0.2) is 15.8 Å². The van der Waals surface area contributed by atoms with Gasteiger partial charge in [-0.25, -0.2) is 18.1 Å². The van der Waals surface area contributed by atoms with Crippen molar-refractivity contribution in [3.8, 4) is 0 Å². The maximum absolute atomic E-state index is 12.4. The Bertz CT molecular complexity index is 669. The van der Waals surface area contributed by atoms with Crippen LogP contribution in [0.3, 0.4) is 0 Å². The maximum Gasteiger partial charge on any atom is 0.260 e. The molecule has 2 heterocycles. The lowest BCUT2D eigenvalue weighted by Gasteiger charge is -2.25. The van der Waals surface area contributed by atoms with E-state index in [0.29, 0.717) is 10.8 Å². The van der Waals surface area contributed by atoms with Crippen molar-refractivity contribution in [2.75, 3.05) is 12.4 Å². The fourth-order valence-corrected chi connectivity index (χ4v) is 4.35. The quantitative estimate of drug-likeness (QED) is 0.887. The number of fused-ring (bicyclic) bond motifs is 1. The van der Waals surface area contributed by atoms with Gasteiger partial charge in [0.25, 0.3) is 10.0 Å². The average molecular weight is 286 g/mol. The highest BCUT2D eigenvalue weighted by atomic mass is 32.2. The predicted octanol–water partition coefficient (Wildman–Crippen LogP) is 1.27. The molecule has 2 aromatic heterocycles. The largest absolute Gasteiger partial charge is 0.371 e. The standard InChI is InChI=1S/C10H14N4O2S2/c1-11-8-9(14-5-6-17-10(14)12-8)18(15,16)13-7-3-2-4-7/h5-7,11,13H,2-4H2,1H3. The molecule has 0 saturated heterocycles. The molecule has 18 heavy (non-hydrogen) atoms. The van der Waals surface area contributed by atoms with Crippen LogP contribution >= 0.6 is 11.3 Å². The fraction of sp³-hybridized carbons (Fsp3) is 0.500. The molecule has 0 aromatic carbocycles. The van der Waals surface area contributed by atoms with Crippen LogP contribution in [0.4, 0.5) is 5.82 Å². The van der Waals surface area contributed by atoms with Crippen LogP contribution in [0.2, 0.25) is 0 Å². The zero-order chi connectivity index (χ0) is 12.8. The summed E-state index contributed by atoms with van der Waals surface area (Å²) in [7, 11) is -1.85. The summed E-state index contributed by atoms with van der Waals surface area (Å²) in [6.45, 7) is 0. The topological polar surface area (TPSA) is 75.5 Å². The molecular formula is C10H14N4O2S2. The third kappa shape index (κ3) is 1.80. The van der Waals surface area contributed by atoms with Crippen LogP contribution in [0.1, 0.15) is 19.3 Å². The number of nitrogens with one attached hydrogen (secondary N) is 2. The van der Waals surface area contributed by atoms with Crippen LogP contribution in [0.25, 0.3) is 4.96 Å². The summed E-state index contributed by atoms with van der Waals surface area (Å²) in [5.41, 5.74) is 0. The Hall–Kier alpha value is -1.12. The molecule has 98 valence electrons. The summed E-state index contributed by atoms with van der Waals surface area (Å²) in [6, 6.07) is 0.0730. The first-order chi connectivity index (χ1) is 8.62. The highest BCUT2D eigenvalue weighted by Gasteiger charge is 2.30. The van der Waals surface area contributed by atoms with E-state index in [1.807, 2.05) is 5.38 Å². The molecule has 8 heteroatoms. The number of aromatic nitrogens is 2. The molecule has 0 unspecified atom stereocenters. The van der Waals surface area contributed by atoms with Crippen LogP contribution in [0, 0.1) is 0 Å². The molecule has 6 nitrogen and oxygen atoms in total. The molecule has 0 aliphatic heterocycles. The summed E-state index contributed by atoms with van der Waals surface area (Å²) in [5.74, 6) is 0.397.